The smallest absolute Gasteiger partial charge is 0.331 e. The summed E-state index contributed by atoms with van der Waals surface area (Å²) in [6.45, 7) is 1.49. The van der Waals surface area contributed by atoms with Crippen molar-refractivity contribution in [2.75, 3.05) is 53.3 Å². The minimum Gasteiger partial charge on any atom is -0.462 e. The molecule has 0 saturated heterocycles. The quantitative estimate of drug-likeness (QED) is 0.380. The highest BCUT2D eigenvalue weighted by molar-refractivity contribution is 7.58. The van der Waals surface area contributed by atoms with Gasteiger partial charge in [0.25, 0.3) is 7.29 Å². The van der Waals surface area contributed by atoms with E-state index < -0.39 is 19.2 Å². The van der Waals surface area contributed by atoms with Crippen molar-refractivity contribution in [2.24, 2.45) is 0 Å². The van der Waals surface area contributed by atoms with Crippen LogP contribution in [0.3, 0.4) is 0 Å². The average molecular weight is 322 g/mol. The Morgan fingerprint density at radius 3 is 1.95 bits per heavy atom. The van der Waals surface area contributed by atoms with Crippen LogP contribution in [0.2, 0.25) is 0 Å². The van der Waals surface area contributed by atoms with Crippen LogP contribution in [0.4, 0.5) is 0 Å². The van der Waals surface area contributed by atoms with E-state index in [0.29, 0.717) is 16.6 Å². The number of quaternary nitrogens is 1. The molecule has 8 heteroatoms. The van der Waals surface area contributed by atoms with Crippen LogP contribution < -0.4 is 0 Å². The van der Waals surface area contributed by atoms with Crippen LogP contribution in [0.25, 0.3) is 0 Å². The van der Waals surface area contributed by atoms with E-state index in [0.717, 1.165) is 12.2 Å². The monoisotopic (exact) mass is 322 g/mol. The van der Waals surface area contributed by atoms with Gasteiger partial charge in [0.05, 0.1) is 33.9 Å². The van der Waals surface area contributed by atoms with Gasteiger partial charge in [-0.1, -0.05) is 6.92 Å². The van der Waals surface area contributed by atoms with E-state index in [1.807, 2.05) is 28.1 Å². The first-order valence-corrected chi connectivity index (χ1v) is 8.71. The molecule has 0 fully saturated rings. The van der Waals surface area contributed by atoms with Crippen molar-refractivity contribution < 1.29 is 33.0 Å². The van der Waals surface area contributed by atoms with E-state index in [2.05, 4.69) is 4.74 Å². The first-order chi connectivity index (χ1) is 9.66. The molecule has 0 amide bonds. The third-order valence-corrected chi connectivity index (χ3v) is 7.02. The highest BCUT2D eigenvalue weighted by atomic mass is 31.2. The standard InChI is InChI=1S/C13H25NO6P/c1-5-21(18,14(2,3)4)11-10-20-13(17)7-6-12(16)19-9-8-15/h6-7,15H,5,8-11H2,1-4H3/q+1/b7-6+. The summed E-state index contributed by atoms with van der Waals surface area (Å²) in [7, 11) is 3.07. The summed E-state index contributed by atoms with van der Waals surface area (Å²) in [4.78, 5) is 22.4. The van der Waals surface area contributed by atoms with Gasteiger partial charge in [0.1, 0.15) is 13.2 Å². The van der Waals surface area contributed by atoms with Gasteiger partial charge in [-0.3, -0.25) is 8.82 Å². The van der Waals surface area contributed by atoms with E-state index in [1.54, 1.807) is 0 Å². The predicted molar refractivity (Wildman–Crippen MR) is 79.2 cm³/mol. The summed E-state index contributed by atoms with van der Waals surface area (Å²) in [6.07, 6.45) is 2.69. The normalized spacial score (nSPS) is 14.7. The van der Waals surface area contributed by atoms with Crippen LogP contribution in [-0.2, 0) is 23.6 Å². The van der Waals surface area contributed by atoms with Gasteiger partial charge in [0.15, 0.2) is 0 Å². The maximum Gasteiger partial charge on any atom is 0.331 e. The van der Waals surface area contributed by atoms with Crippen LogP contribution in [0, 0.1) is 0 Å². The molecular weight excluding hydrogens is 297 g/mol. The highest BCUT2D eigenvalue weighted by Gasteiger charge is 2.34. The minimum absolute atomic E-state index is 0.0372. The Labute approximate surface area is 125 Å². The Balaban J connectivity index is 4.24. The number of hydrogen-bond donors (Lipinski definition) is 1. The summed E-state index contributed by atoms with van der Waals surface area (Å²) < 4.78 is 22.4. The molecule has 0 rings (SSSR count). The largest absolute Gasteiger partial charge is 0.462 e. The Morgan fingerprint density at radius 2 is 1.57 bits per heavy atom. The first kappa shape index (κ1) is 19.8. The molecule has 0 aromatic rings. The van der Waals surface area contributed by atoms with E-state index in [9.17, 15) is 14.2 Å². The van der Waals surface area contributed by atoms with Crippen molar-refractivity contribution >= 4 is 19.2 Å². The summed E-state index contributed by atoms with van der Waals surface area (Å²) in [5.74, 6) is -1.42. The van der Waals surface area contributed by atoms with Gasteiger partial charge in [0, 0.05) is 18.3 Å². The molecule has 0 aromatic heterocycles. The van der Waals surface area contributed by atoms with Crippen LogP contribution in [0.15, 0.2) is 12.2 Å². The highest BCUT2D eigenvalue weighted by Crippen LogP contribution is 2.51. The molecular formula is C13H25NO6P+. The second kappa shape index (κ2) is 8.97. The van der Waals surface area contributed by atoms with Crippen molar-refractivity contribution in [3.05, 3.63) is 12.2 Å². The maximum atomic E-state index is 12.6. The Bertz CT molecular complexity index is 427. The number of carbonyl (C=O) groups is 2. The number of esters is 2. The number of aliphatic hydroxyl groups excluding tert-OH is 1. The van der Waals surface area contributed by atoms with Crippen LogP contribution in [0.1, 0.15) is 6.92 Å². The molecule has 0 radical (unpaired) electrons. The van der Waals surface area contributed by atoms with Crippen molar-refractivity contribution in [1.29, 1.82) is 0 Å². The summed E-state index contributed by atoms with van der Waals surface area (Å²) >= 11 is 0. The van der Waals surface area contributed by atoms with Crippen molar-refractivity contribution in [1.82, 2.24) is 0 Å². The van der Waals surface area contributed by atoms with Gasteiger partial charge < -0.3 is 14.6 Å². The van der Waals surface area contributed by atoms with Crippen molar-refractivity contribution in [3.8, 4) is 0 Å². The molecule has 0 heterocycles. The van der Waals surface area contributed by atoms with Crippen LogP contribution in [-0.4, -0.2) is 74.6 Å². The van der Waals surface area contributed by atoms with Crippen LogP contribution >= 0.6 is 7.29 Å². The Hall–Kier alpha value is -1.17. The number of nitrogens with zero attached hydrogens (tertiary/aromatic N) is 1. The van der Waals surface area contributed by atoms with E-state index in [4.69, 9.17) is 9.84 Å². The van der Waals surface area contributed by atoms with Gasteiger partial charge in [0.2, 0.25) is 0 Å². The molecule has 0 aromatic carbocycles. The summed E-state index contributed by atoms with van der Waals surface area (Å²) in [6, 6.07) is 0. The number of ether oxygens (including phenoxy) is 2. The van der Waals surface area contributed by atoms with E-state index >= 15 is 0 Å². The predicted octanol–water partition coefficient (Wildman–Crippen LogP) is 0.625. The molecule has 0 aliphatic carbocycles. The van der Waals surface area contributed by atoms with Gasteiger partial charge in [-0.25, -0.2) is 9.59 Å². The molecule has 1 atom stereocenters. The maximum absolute atomic E-state index is 12.6. The number of hydrogen-bond acceptors (Lipinski definition) is 6. The lowest BCUT2D eigenvalue weighted by Gasteiger charge is -2.33. The second-order valence-corrected chi connectivity index (χ2v) is 9.19. The lowest BCUT2D eigenvalue weighted by atomic mass is 10.5. The Kier molecular flexibility index (Phi) is 8.47. The number of rotatable bonds is 9. The molecule has 0 aliphatic heterocycles. The minimum atomic E-state index is -2.48. The molecule has 0 bridgehead atoms. The Morgan fingerprint density at radius 1 is 1.10 bits per heavy atom. The zero-order chi connectivity index (χ0) is 16.5. The molecule has 0 spiro atoms. The average Bonchev–Trinajstić information content (AvgIpc) is 2.41. The molecule has 122 valence electrons. The molecule has 21 heavy (non-hydrogen) atoms. The fourth-order valence-electron chi connectivity index (χ4n) is 1.55. The summed E-state index contributed by atoms with van der Waals surface area (Å²) in [5, 5.41) is 8.45. The fraction of sp³-hybridized carbons (Fsp3) is 0.692. The lowest BCUT2D eigenvalue weighted by molar-refractivity contribution is -0.746. The third-order valence-electron chi connectivity index (χ3n) is 2.96. The van der Waals surface area contributed by atoms with Crippen molar-refractivity contribution in [3.63, 3.8) is 0 Å². The zero-order valence-electron chi connectivity index (χ0n) is 13.1. The molecule has 7 nitrogen and oxygen atoms in total. The number of carbonyl (C=O) groups excluding carboxylic acids is 2. The molecule has 1 unspecified atom stereocenters. The fourth-order valence-corrected chi connectivity index (χ4v) is 3.69. The van der Waals surface area contributed by atoms with Gasteiger partial charge >= 0.3 is 11.9 Å². The molecule has 0 aliphatic rings. The molecule has 1 N–H and O–H groups in total. The summed E-state index contributed by atoms with van der Waals surface area (Å²) in [5.41, 5.74) is 0. The first-order valence-electron chi connectivity index (χ1n) is 6.68. The SMILES string of the molecule is CCP(=O)(CCOC(=O)/C=C/C(=O)OCCO)[N+](C)(C)C. The topological polar surface area (TPSA) is 89.9 Å². The van der Waals surface area contributed by atoms with Gasteiger partial charge in [-0.2, -0.15) is 0 Å². The number of aliphatic hydroxyl groups is 1. The zero-order valence-corrected chi connectivity index (χ0v) is 14.0. The van der Waals surface area contributed by atoms with Gasteiger partial charge in [-0.15, -0.1) is 0 Å². The van der Waals surface area contributed by atoms with Crippen molar-refractivity contribution in [2.45, 2.75) is 6.92 Å². The lowest BCUT2D eigenvalue weighted by Crippen LogP contribution is -2.33. The van der Waals surface area contributed by atoms with E-state index in [-0.39, 0.29) is 19.8 Å². The second-order valence-electron chi connectivity index (χ2n) is 5.22. The van der Waals surface area contributed by atoms with Gasteiger partial charge in [-0.05, 0) is 0 Å². The third kappa shape index (κ3) is 7.41. The molecule has 0 saturated carbocycles. The van der Waals surface area contributed by atoms with Crippen LogP contribution in [0.5, 0.6) is 0 Å². The van der Waals surface area contributed by atoms with E-state index in [1.165, 1.54) is 0 Å².